The Balaban J connectivity index is 1.81. The quantitative estimate of drug-likeness (QED) is 0.618. The molecule has 21 heavy (non-hydrogen) atoms. The van der Waals surface area contributed by atoms with Crippen molar-refractivity contribution in [2.75, 3.05) is 37.8 Å². The molecule has 0 amide bonds. The first-order valence-electron chi connectivity index (χ1n) is 7.31. The van der Waals surface area contributed by atoms with Crippen LogP contribution in [0.4, 0.5) is 11.4 Å². The average molecular weight is 292 g/mol. The second kappa shape index (κ2) is 5.61. The molecule has 2 aliphatic heterocycles. The van der Waals surface area contributed by atoms with Gasteiger partial charge in [0, 0.05) is 57.0 Å². The maximum atomic E-state index is 10.8. The third kappa shape index (κ3) is 2.87. The van der Waals surface area contributed by atoms with Gasteiger partial charge in [-0.25, -0.2) is 0 Å². The summed E-state index contributed by atoms with van der Waals surface area (Å²) in [4.78, 5) is 12.8. The lowest BCUT2D eigenvalue weighted by Gasteiger charge is -2.46. The van der Waals surface area contributed by atoms with Gasteiger partial charge in [0.05, 0.1) is 17.1 Å². The van der Waals surface area contributed by atoms with Gasteiger partial charge in [-0.3, -0.25) is 10.1 Å². The molecule has 114 valence electrons. The molecular weight excluding hydrogens is 272 g/mol. The highest BCUT2D eigenvalue weighted by Crippen LogP contribution is 2.33. The fraction of sp³-hybridized carbons (Fsp3) is 0.600. The number of nitrogens with zero attached hydrogens (tertiary/aromatic N) is 2. The van der Waals surface area contributed by atoms with E-state index in [9.17, 15) is 10.1 Å². The number of anilines is 1. The second-order valence-electron chi connectivity index (χ2n) is 5.79. The molecule has 1 aromatic rings. The van der Waals surface area contributed by atoms with Crippen LogP contribution in [0.2, 0.25) is 0 Å². The fourth-order valence-electron chi connectivity index (χ4n) is 3.20. The van der Waals surface area contributed by atoms with Crippen molar-refractivity contribution in [3.63, 3.8) is 0 Å². The monoisotopic (exact) mass is 292 g/mol. The van der Waals surface area contributed by atoms with Gasteiger partial charge < -0.3 is 14.4 Å². The van der Waals surface area contributed by atoms with Crippen LogP contribution >= 0.6 is 0 Å². The van der Waals surface area contributed by atoms with Gasteiger partial charge >= 0.3 is 0 Å². The van der Waals surface area contributed by atoms with Crippen LogP contribution in [0.3, 0.4) is 0 Å². The van der Waals surface area contributed by atoms with Gasteiger partial charge in [0.1, 0.15) is 0 Å². The van der Waals surface area contributed by atoms with E-state index >= 15 is 0 Å². The molecule has 3 rings (SSSR count). The maximum Gasteiger partial charge on any atom is 0.269 e. The molecule has 2 aliphatic rings. The number of rotatable bonds is 2. The Hall–Kier alpha value is -1.66. The van der Waals surface area contributed by atoms with Crippen LogP contribution < -0.4 is 4.90 Å². The minimum absolute atomic E-state index is 0.120. The highest BCUT2D eigenvalue weighted by molar-refractivity contribution is 5.57. The van der Waals surface area contributed by atoms with Gasteiger partial charge in [0.25, 0.3) is 5.69 Å². The first kappa shape index (κ1) is 14.3. The first-order chi connectivity index (χ1) is 10.1. The normalized spacial score (nSPS) is 21.5. The summed E-state index contributed by atoms with van der Waals surface area (Å²) < 4.78 is 11.5. The summed E-state index contributed by atoms with van der Waals surface area (Å²) in [6, 6.07) is 5.07. The Bertz CT molecular complexity index is 535. The highest BCUT2D eigenvalue weighted by atomic mass is 16.6. The van der Waals surface area contributed by atoms with Crippen molar-refractivity contribution in [3.8, 4) is 0 Å². The SMILES string of the molecule is Cc1cc([N+](=O)[O-])ccc1N1CCOC2(CCOCC2)C1. The van der Waals surface area contributed by atoms with Crippen molar-refractivity contribution in [1.29, 1.82) is 0 Å². The van der Waals surface area contributed by atoms with E-state index in [1.54, 1.807) is 12.1 Å². The predicted octanol–water partition coefficient (Wildman–Crippen LogP) is 2.29. The highest BCUT2D eigenvalue weighted by Gasteiger charge is 2.38. The smallest absolute Gasteiger partial charge is 0.269 e. The number of morpholine rings is 1. The molecule has 6 heteroatoms. The molecule has 0 unspecified atom stereocenters. The Morgan fingerprint density at radius 1 is 1.29 bits per heavy atom. The predicted molar refractivity (Wildman–Crippen MR) is 78.8 cm³/mol. The number of benzene rings is 1. The molecule has 0 saturated carbocycles. The van der Waals surface area contributed by atoms with Crippen LogP contribution in [0, 0.1) is 17.0 Å². The van der Waals surface area contributed by atoms with E-state index in [0.717, 1.165) is 50.4 Å². The molecular formula is C15H20N2O4. The third-order valence-electron chi connectivity index (χ3n) is 4.38. The number of nitro groups is 1. The van der Waals surface area contributed by atoms with Crippen molar-refractivity contribution in [2.45, 2.75) is 25.4 Å². The number of ether oxygens (including phenoxy) is 2. The Morgan fingerprint density at radius 2 is 2.05 bits per heavy atom. The first-order valence-corrected chi connectivity index (χ1v) is 7.31. The van der Waals surface area contributed by atoms with Crippen LogP contribution in [0.15, 0.2) is 18.2 Å². The molecule has 2 saturated heterocycles. The summed E-state index contributed by atoms with van der Waals surface area (Å²) in [6.45, 7) is 5.75. The lowest BCUT2D eigenvalue weighted by Crippen LogP contribution is -2.54. The van der Waals surface area contributed by atoms with E-state index in [2.05, 4.69) is 4.90 Å². The maximum absolute atomic E-state index is 10.8. The summed E-state index contributed by atoms with van der Waals surface area (Å²) in [5.74, 6) is 0. The van der Waals surface area contributed by atoms with Gasteiger partial charge in [-0.1, -0.05) is 0 Å². The number of non-ortho nitro benzene ring substituents is 1. The van der Waals surface area contributed by atoms with Crippen LogP contribution in [0.1, 0.15) is 18.4 Å². The minimum Gasteiger partial charge on any atom is -0.381 e. The second-order valence-corrected chi connectivity index (χ2v) is 5.79. The largest absolute Gasteiger partial charge is 0.381 e. The number of hydrogen-bond donors (Lipinski definition) is 0. The molecule has 0 aliphatic carbocycles. The van der Waals surface area contributed by atoms with E-state index < -0.39 is 0 Å². The van der Waals surface area contributed by atoms with E-state index in [1.165, 1.54) is 0 Å². The summed E-state index contributed by atoms with van der Waals surface area (Å²) in [5.41, 5.74) is 2.03. The van der Waals surface area contributed by atoms with Crippen molar-refractivity contribution in [2.24, 2.45) is 0 Å². The average Bonchev–Trinajstić information content (AvgIpc) is 2.48. The molecule has 2 heterocycles. The molecule has 0 N–H and O–H groups in total. The lowest BCUT2D eigenvalue weighted by atomic mass is 9.91. The molecule has 0 atom stereocenters. The molecule has 0 bridgehead atoms. The number of nitro benzene ring substituents is 1. The Morgan fingerprint density at radius 3 is 2.71 bits per heavy atom. The van der Waals surface area contributed by atoms with Crippen molar-refractivity contribution >= 4 is 11.4 Å². The fourth-order valence-corrected chi connectivity index (χ4v) is 3.20. The van der Waals surface area contributed by atoms with Crippen LogP contribution in [-0.4, -0.2) is 43.4 Å². The molecule has 0 aromatic heterocycles. The summed E-state index contributed by atoms with van der Waals surface area (Å²) in [5, 5.41) is 10.8. The van der Waals surface area contributed by atoms with Crippen molar-refractivity contribution in [3.05, 3.63) is 33.9 Å². The van der Waals surface area contributed by atoms with E-state index in [-0.39, 0.29) is 16.2 Å². The summed E-state index contributed by atoms with van der Waals surface area (Å²) in [6.07, 6.45) is 1.82. The third-order valence-corrected chi connectivity index (χ3v) is 4.38. The minimum atomic E-state index is -0.351. The van der Waals surface area contributed by atoms with Crippen molar-refractivity contribution in [1.82, 2.24) is 0 Å². The van der Waals surface area contributed by atoms with Crippen LogP contribution in [-0.2, 0) is 9.47 Å². The molecule has 1 aromatic carbocycles. The van der Waals surface area contributed by atoms with Gasteiger partial charge in [-0.2, -0.15) is 0 Å². The molecule has 6 nitrogen and oxygen atoms in total. The summed E-state index contributed by atoms with van der Waals surface area (Å²) >= 11 is 0. The van der Waals surface area contributed by atoms with Gasteiger partial charge in [-0.15, -0.1) is 0 Å². The van der Waals surface area contributed by atoms with E-state index in [1.807, 2.05) is 13.0 Å². The Labute approximate surface area is 123 Å². The van der Waals surface area contributed by atoms with E-state index in [4.69, 9.17) is 9.47 Å². The molecule has 0 radical (unpaired) electrons. The van der Waals surface area contributed by atoms with Gasteiger partial charge in [0.15, 0.2) is 0 Å². The number of hydrogen-bond acceptors (Lipinski definition) is 5. The van der Waals surface area contributed by atoms with Crippen LogP contribution in [0.5, 0.6) is 0 Å². The standard InChI is InChI=1S/C15H20N2O4/c1-12-10-13(17(18)19)2-3-14(12)16-6-9-21-15(11-16)4-7-20-8-5-15/h2-3,10H,4-9,11H2,1H3. The van der Waals surface area contributed by atoms with Crippen molar-refractivity contribution < 1.29 is 14.4 Å². The van der Waals surface area contributed by atoms with Crippen LogP contribution in [0.25, 0.3) is 0 Å². The van der Waals surface area contributed by atoms with E-state index in [0.29, 0.717) is 6.61 Å². The number of aryl methyl sites for hydroxylation is 1. The van der Waals surface area contributed by atoms with Gasteiger partial charge in [0.2, 0.25) is 0 Å². The summed E-state index contributed by atoms with van der Waals surface area (Å²) in [7, 11) is 0. The van der Waals surface area contributed by atoms with Gasteiger partial charge in [-0.05, 0) is 18.6 Å². The zero-order valence-electron chi connectivity index (χ0n) is 12.2. The zero-order valence-corrected chi connectivity index (χ0v) is 12.2. The lowest BCUT2D eigenvalue weighted by molar-refractivity contribution is -0.384. The zero-order chi connectivity index (χ0) is 14.9. The Kier molecular flexibility index (Phi) is 3.82. The topological polar surface area (TPSA) is 64.8 Å². The molecule has 2 fully saturated rings. The molecule has 1 spiro atoms.